The van der Waals surface area contributed by atoms with E-state index in [9.17, 15) is 13.9 Å². The number of aliphatic hydroxyl groups is 1. The first kappa shape index (κ1) is 9.85. The van der Waals surface area contributed by atoms with E-state index in [4.69, 9.17) is 0 Å². The first-order valence-electron chi connectivity index (χ1n) is 3.28. The molecule has 1 aromatic carbocycles. The van der Waals surface area contributed by atoms with Gasteiger partial charge in [0.25, 0.3) is 0 Å². The highest BCUT2D eigenvalue weighted by atomic mass is 127. The van der Waals surface area contributed by atoms with Crippen molar-refractivity contribution >= 4 is 22.6 Å². The second kappa shape index (κ2) is 3.26. The zero-order chi connectivity index (χ0) is 9.35. The van der Waals surface area contributed by atoms with E-state index in [0.717, 1.165) is 18.2 Å². The molecular formula is C8H7F2IO. The number of rotatable bonds is 1. The summed E-state index contributed by atoms with van der Waals surface area (Å²) in [5.74, 6) is -1.15. The van der Waals surface area contributed by atoms with Crippen LogP contribution >= 0.6 is 22.6 Å². The van der Waals surface area contributed by atoms with Crippen LogP contribution in [0.25, 0.3) is 0 Å². The van der Waals surface area contributed by atoms with Crippen molar-refractivity contribution in [2.45, 2.75) is 10.5 Å². The molecule has 0 amide bonds. The van der Waals surface area contributed by atoms with Crippen LogP contribution in [-0.2, 0) is 3.61 Å². The van der Waals surface area contributed by atoms with Gasteiger partial charge in [-0.3, -0.25) is 0 Å². The average molecular weight is 284 g/mol. The average Bonchev–Trinajstić information content (AvgIpc) is 1.92. The van der Waals surface area contributed by atoms with Gasteiger partial charge in [0.2, 0.25) is 0 Å². The van der Waals surface area contributed by atoms with Crippen molar-refractivity contribution < 1.29 is 13.9 Å². The molecule has 1 aromatic rings. The monoisotopic (exact) mass is 284 g/mol. The second-order valence-electron chi connectivity index (χ2n) is 2.58. The molecule has 0 bridgehead atoms. The van der Waals surface area contributed by atoms with E-state index in [1.165, 1.54) is 6.92 Å². The summed E-state index contributed by atoms with van der Waals surface area (Å²) >= 11 is 1.63. The fraction of sp³-hybridized carbons (Fsp3) is 0.250. The maximum atomic E-state index is 12.9. The minimum absolute atomic E-state index is 0.0388. The van der Waals surface area contributed by atoms with Gasteiger partial charge in [-0.1, -0.05) is 0 Å². The van der Waals surface area contributed by atoms with Crippen molar-refractivity contribution in [3.8, 4) is 0 Å². The molecule has 0 radical (unpaired) electrons. The molecular weight excluding hydrogens is 277 g/mol. The zero-order valence-electron chi connectivity index (χ0n) is 6.31. The van der Waals surface area contributed by atoms with E-state index in [2.05, 4.69) is 0 Å². The summed E-state index contributed by atoms with van der Waals surface area (Å²) in [5.41, 5.74) is -0.0388. The Labute approximate surface area is 82.5 Å². The molecule has 0 unspecified atom stereocenters. The van der Waals surface area contributed by atoms with Gasteiger partial charge in [0, 0.05) is 5.56 Å². The van der Waals surface area contributed by atoms with Gasteiger partial charge in [0.15, 0.2) is 0 Å². The van der Waals surface area contributed by atoms with Gasteiger partial charge < -0.3 is 5.11 Å². The summed E-state index contributed by atoms with van der Waals surface area (Å²) in [5, 5.41) is 9.37. The van der Waals surface area contributed by atoms with E-state index in [1.807, 2.05) is 0 Å². The third-order valence-electron chi connectivity index (χ3n) is 1.42. The number of alkyl halides is 1. The van der Waals surface area contributed by atoms with Crippen LogP contribution < -0.4 is 0 Å². The van der Waals surface area contributed by atoms with Crippen molar-refractivity contribution in [2.75, 3.05) is 0 Å². The van der Waals surface area contributed by atoms with Gasteiger partial charge >= 0.3 is 0 Å². The van der Waals surface area contributed by atoms with E-state index in [1.54, 1.807) is 22.6 Å². The molecule has 0 aliphatic carbocycles. The number of hydrogen-bond acceptors (Lipinski definition) is 1. The largest absolute Gasteiger partial charge is 0.376 e. The van der Waals surface area contributed by atoms with Crippen molar-refractivity contribution in [1.82, 2.24) is 0 Å². The van der Waals surface area contributed by atoms with Gasteiger partial charge in [-0.25, -0.2) is 8.78 Å². The van der Waals surface area contributed by atoms with Gasteiger partial charge in [-0.05, 0) is 47.7 Å². The lowest BCUT2D eigenvalue weighted by molar-refractivity contribution is 0.173. The molecule has 66 valence electrons. The highest BCUT2D eigenvalue weighted by Gasteiger charge is 2.22. The fourth-order valence-corrected chi connectivity index (χ4v) is 1.26. The van der Waals surface area contributed by atoms with Crippen LogP contribution in [0.1, 0.15) is 12.5 Å². The Hall–Kier alpha value is -0.230. The molecule has 1 N–H and O–H groups in total. The zero-order valence-corrected chi connectivity index (χ0v) is 8.47. The van der Waals surface area contributed by atoms with Gasteiger partial charge in [0.05, 0.1) is 0 Å². The predicted molar refractivity (Wildman–Crippen MR) is 49.9 cm³/mol. The minimum atomic E-state index is -1.37. The molecule has 0 heterocycles. The van der Waals surface area contributed by atoms with Crippen LogP contribution in [0.15, 0.2) is 18.2 Å². The summed E-state index contributed by atoms with van der Waals surface area (Å²) in [6, 6.07) is 3.00. The van der Waals surface area contributed by atoms with E-state index >= 15 is 0 Å². The third-order valence-corrected chi connectivity index (χ3v) is 2.00. The lowest BCUT2D eigenvalue weighted by atomic mass is 10.1. The topological polar surface area (TPSA) is 20.2 Å². The summed E-state index contributed by atoms with van der Waals surface area (Å²) < 4.78 is 24.2. The molecule has 4 heteroatoms. The molecule has 1 nitrogen and oxygen atoms in total. The number of hydrogen-bond donors (Lipinski definition) is 1. The molecule has 0 aliphatic rings. The Balaban J connectivity index is 3.23. The van der Waals surface area contributed by atoms with Crippen LogP contribution in [-0.4, -0.2) is 5.11 Å². The van der Waals surface area contributed by atoms with Gasteiger partial charge in [-0.15, -0.1) is 0 Å². The van der Waals surface area contributed by atoms with E-state index < -0.39 is 15.2 Å². The van der Waals surface area contributed by atoms with Crippen LogP contribution in [0.5, 0.6) is 0 Å². The number of halogens is 3. The molecule has 1 rings (SSSR count). The highest BCUT2D eigenvalue weighted by Crippen LogP contribution is 2.30. The molecule has 0 saturated carbocycles. The van der Waals surface area contributed by atoms with E-state index in [-0.39, 0.29) is 5.56 Å². The molecule has 0 aromatic heterocycles. The Morgan fingerprint density at radius 1 is 1.42 bits per heavy atom. The van der Waals surface area contributed by atoms with Crippen LogP contribution in [0.3, 0.4) is 0 Å². The van der Waals surface area contributed by atoms with Crippen molar-refractivity contribution in [1.29, 1.82) is 0 Å². The number of benzene rings is 1. The molecule has 0 fully saturated rings. The lowest BCUT2D eigenvalue weighted by Crippen LogP contribution is -2.13. The summed E-state index contributed by atoms with van der Waals surface area (Å²) in [4.78, 5) is 0. The second-order valence-corrected chi connectivity index (χ2v) is 4.68. The van der Waals surface area contributed by atoms with Crippen molar-refractivity contribution in [3.05, 3.63) is 35.4 Å². The maximum Gasteiger partial charge on any atom is 0.141 e. The summed E-state index contributed by atoms with van der Waals surface area (Å²) in [6.07, 6.45) is 0. The molecule has 1 atom stereocenters. The summed E-state index contributed by atoms with van der Waals surface area (Å²) in [6.45, 7) is 1.39. The summed E-state index contributed by atoms with van der Waals surface area (Å²) in [7, 11) is 0. The smallest absolute Gasteiger partial charge is 0.141 e. The molecule has 0 saturated heterocycles. The van der Waals surface area contributed by atoms with E-state index in [0.29, 0.717) is 0 Å². The van der Waals surface area contributed by atoms with Crippen LogP contribution in [0.2, 0.25) is 0 Å². The SMILES string of the molecule is C[C@](O)(I)c1cc(F)ccc1F. The predicted octanol–water partition coefficient (Wildman–Crippen LogP) is 2.56. The van der Waals surface area contributed by atoms with Crippen molar-refractivity contribution in [2.24, 2.45) is 0 Å². The first-order chi connectivity index (χ1) is 5.41. The maximum absolute atomic E-state index is 12.9. The lowest BCUT2D eigenvalue weighted by Gasteiger charge is -2.15. The van der Waals surface area contributed by atoms with Crippen LogP contribution in [0, 0.1) is 11.6 Å². The Morgan fingerprint density at radius 2 is 2.00 bits per heavy atom. The van der Waals surface area contributed by atoms with Crippen molar-refractivity contribution in [3.63, 3.8) is 0 Å². The molecule has 12 heavy (non-hydrogen) atoms. The standard InChI is InChI=1S/C8H7F2IO/c1-8(11,12)6-4-5(9)2-3-7(6)10/h2-4,12H,1H3/t8-/m1/s1. The molecule has 0 aliphatic heterocycles. The fourth-order valence-electron chi connectivity index (χ4n) is 0.847. The minimum Gasteiger partial charge on any atom is -0.376 e. The quantitative estimate of drug-likeness (QED) is 0.620. The van der Waals surface area contributed by atoms with Gasteiger partial charge in [0.1, 0.15) is 15.2 Å². The first-order valence-corrected chi connectivity index (χ1v) is 4.36. The molecule has 0 spiro atoms. The Kier molecular flexibility index (Phi) is 2.67. The highest BCUT2D eigenvalue weighted by molar-refractivity contribution is 14.1. The van der Waals surface area contributed by atoms with Crippen LogP contribution in [0.4, 0.5) is 8.78 Å². The normalized spacial score (nSPS) is 15.8. The third kappa shape index (κ3) is 2.13. The van der Waals surface area contributed by atoms with Gasteiger partial charge in [-0.2, -0.15) is 0 Å². The Morgan fingerprint density at radius 3 is 2.42 bits per heavy atom. The Bertz CT molecular complexity index is 294.